The molecule has 2 rings (SSSR count). The fraction of sp³-hybridized carbons (Fsp3) is 0.429. The highest BCUT2D eigenvalue weighted by Gasteiger charge is 2.21. The van der Waals surface area contributed by atoms with Crippen LogP contribution in [0.25, 0.3) is 11.1 Å². The standard InChI is InChI=1S/C21H29N3O2/c1-13(2)9-19-18(12-23)21(16-7-5-15(11-22)6-8-16)17(14(3)24-19)10-20(25)26-4/h5-8,13H,9-12,22-23H2,1-4H3. The highest BCUT2D eigenvalue weighted by Crippen LogP contribution is 2.33. The van der Waals surface area contributed by atoms with E-state index in [0.29, 0.717) is 19.0 Å². The summed E-state index contributed by atoms with van der Waals surface area (Å²) >= 11 is 0. The average Bonchev–Trinajstić information content (AvgIpc) is 2.63. The molecule has 0 atom stereocenters. The maximum Gasteiger partial charge on any atom is 0.310 e. The summed E-state index contributed by atoms with van der Waals surface area (Å²) in [7, 11) is 1.40. The van der Waals surface area contributed by atoms with E-state index in [1.54, 1.807) is 0 Å². The van der Waals surface area contributed by atoms with Crippen LogP contribution in [0.3, 0.4) is 0 Å². The van der Waals surface area contributed by atoms with Gasteiger partial charge in [-0.05, 0) is 47.1 Å². The molecule has 1 heterocycles. The van der Waals surface area contributed by atoms with Gasteiger partial charge in [0.2, 0.25) is 0 Å². The molecule has 0 spiro atoms. The number of carbonyl (C=O) groups excluding carboxylic acids is 1. The Morgan fingerprint density at radius 1 is 1.12 bits per heavy atom. The van der Waals surface area contributed by atoms with Gasteiger partial charge in [-0.25, -0.2) is 0 Å². The van der Waals surface area contributed by atoms with E-state index in [9.17, 15) is 4.79 Å². The number of rotatable bonds is 7. The maximum absolute atomic E-state index is 12.0. The zero-order chi connectivity index (χ0) is 19.3. The number of aryl methyl sites for hydroxylation is 1. The molecule has 2 aromatic rings. The third kappa shape index (κ3) is 4.48. The molecular weight excluding hydrogens is 326 g/mol. The lowest BCUT2D eigenvalue weighted by Crippen LogP contribution is -2.15. The molecule has 0 bridgehead atoms. The van der Waals surface area contributed by atoms with Crippen LogP contribution < -0.4 is 11.5 Å². The predicted molar refractivity (Wildman–Crippen MR) is 104 cm³/mol. The summed E-state index contributed by atoms with van der Waals surface area (Å²) in [6.45, 7) is 7.13. The van der Waals surface area contributed by atoms with Crippen LogP contribution in [0.5, 0.6) is 0 Å². The van der Waals surface area contributed by atoms with Crippen LogP contribution in [0.1, 0.15) is 41.9 Å². The Hall–Kier alpha value is -2.24. The van der Waals surface area contributed by atoms with Gasteiger partial charge in [-0.3, -0.25) is 9.78 Å². The smallest absolute Gasteiger partial charge is 0.310 e. The molecule has 0 aliphatic rings. The number of carbonyl (C=O) groups is 1. The minimum Gasteiger partial charge on any atom is -0.469 e. The first-order valence-corrected chi connectivity index (χ1v) is 8.98. The Kier molecular flexibility index (Phi) is 6.89. The van der Waals surface area contributed by atoms with Gasteiger partial charge in [-0.2, -0.15) is 0 Å². The van der Waals surface area contributed by atoms with Gasteiger partial charge in [0.15, 0.2) is 0 Å². The topological polar surface area (TPSA) is 91.2 Å². The van der Waals surface area contributed by atoms with E-state index in [1.807, 2.05) is 31.2 Å². The van der Waals surface area contributed by atoms with Gasteiger partial charge in [-0.1, -0.05) is 38.1 Å². The molecular formula is C21H29N3O2. The van der Waals surface area contributed by atoms with Crippen LogP contribution in [-0.2, 0) is 35.5 Å². The Bertz CT molecular complexity index is 768. The van der Waals surface area contributed by atoms with Crippen molar-refractivity contribution < 1.29 is 9.53 Å². The third-order valence-corrected chi connectivity index (χ3v) is 4.52. The fourth-order valence-electron chi connectivity index (χ4n) is 3.21. The molecule has 4 N–H and O–H groups in total. The van der Waals surface area contributed by atoms with E-state index < -0.39 is 0 Å². The molecule has 0 saturated heterocycles. The van der Waals surface area contributed by atoms with Gasteiger partial charge in [0.1, 0.15) is 0 Å². The molecule has 5 heteroatoms. The summed E-state index contributed by atoms with van der Waals surface area (Å²) < 4.78 is 4.89. The van der Waals surface area contributed by atoms with Gasteiger partial charge in [0.25, 0.3) is 0 Å². The SMILES string of the molecule is COC(=O)Cc1c(C)nc(CC(C)C)c(CN)c1-c1ccc(CN)cc1. The van der Waals surface area contributed by atoms with Crippen LogP contribution in [0, 0.1) is 12.8 Å². The van der Waals surface area contributed by atoms with E-state index in [-0.39, 0.29) is 12.4 Å². The lowest BCUT2D eigenvalue weighted by atomic mass is 9.88. The van der Waals surface area contributed by atoms with Crippen molar-refractivity contribution in [2.75, 3.05) is 7.11 Å². The van der Waals surface area contributed by atoms with E-state index in [2.05, 4.69) is 13.8 Å². The number of nitrogens with two attached hydrogens (primary N) is 2. The van der Waals surface area contributed by atoms with Gasteiger partial charge in [0.05, 0.1) is 13.5 Å². The quantitative estimate of drug-likeness (QED) is 0.745. The second-order valence-corrected chi connectivity index (χ2v) is 6.93. The fourth-order valence-corrected chi connectivity index (χ4v) is 3.21. The van der Waals surface area contributed by atoms with Gasteiger partial charge >= 0.3 is 5.97 Å². The second-order valence-electron chi connectivity index (χ2n) is 6.93. The lowest BCUT2D eigenvalue weighted by molar-refractivity contribution is -0.139. The Morgan fingerprint density at radius 2 is 1.77 bits per heavy atom. The van der Waals surface area contributed by atoms with E-state index >= 15 is 0 Å². The monoisotopic (exact) mass is 355 g/mol. The molecule has 1 aromatic heterocycles. The molecule has 0 amide bonds. The van der Waals surface area contributed by atoms with Gasteiger partial charge < -0.3 is 16.2 Å². The molecule has 0 radical (unpaired) electrons. The van der Waals surface area contributed by atoms with Crippen LogP contribution in [0.4, 0.5) is 0 Å². The number of benzene rings is 1. The minimum absolute atomic E-state index is 0.179. The zero-order valence-corrected chi connectivity index (χ0v) is 16.1. The summed E-state index contributed by atoms with van der Waals surface area (Å²) in [5.74, 6) is 0.181. The number of nitrogens with zero attached hydrogens (tertiary/aromatic N) is 1. The molecule has 0 aliphatic heterocycles. The van der Waals surface area contributed by atoms with Crippen LogP contribution in [-0.4, -0.2) is 18.1 Å². The zero-order valence-electron chi connectivity index (χ0n) is 16.1. The van der Waals surface area contributed by atoms with Crippen molar-refractivity contribution in [1.29, 1.82) is 0 Å². The summed E-state index contributed by atoms with van der Waals surface area (Å²) in [6.07, 6.45) is 1.03. The molecule has 0 fully saturated rings. The van der Waals surface area contributed by atoms with E-state index in [4.69, 9.17) is 21.2 Å². The molecule has 26 heavy (non-hydrogen) atoms. The van der Waals surface area contributed by atoms with Crippen LogP contribution in [0.15, 0.2) is 24.3 Å². The minimum atomic E-state index is -0.283. The first-order valence-electron chi connectivity index (χ1n) is 8.98. The largest absolute Gasteiger partial charge is 0.469 e. The van der Waals surface area contributed by atoms with Gasteiger partial charge in [-0.15, -0.1) is 0 Å². The predicted octanol–water partition coefficient (Wildman–Crippen LogP) is 2.89. The van der Waals surface area contributed by atoms with Crippen molar-refractivity contribution in [1.82, 2.24) is 4.98 Å². The second kappa shape index (κ2) is 8.92. The Labute approximate surface area is 155 Å². The van der Waals surface area contributed by atoms with E-state index in [1.165, 1.54) is 7.11 Å². The first kappa shape index (κ1) is 20.1. The van der Waals surface area contributed by atoms with Gasteiger partial charge in [0, 0.05) is 24.5 Å². The normalized spacial score (nSPS) is 11.0. The number of methoxy groups -OCH3 is 1. The number of hydrogen-bond donors (Lipinski definition) is 2. The molecule has 140 valence electrons. The molecule has 5 nitrogen and oxygen atoms in total. The van der Waals surface area contributed by atoms with E-state index in [0.717, 1.165) is 45.6 Å². The Morgan fingerprint density at radius 3 is 2.27 bits per heavy atom. The summed E-state index contributed by atoms with van der Waals surface area (Å²) in [5, 5.41) is 0. The number of aromatic nitrogens is 1. The molecule has 0 aliphatic carbocycles. The molecule has 1 aromatic carbocycles. The number of esters is 1. The Balaban J connectivity index is 2.71. The number of ether oxygens (including phenoxy) is 1. The summed E-state index contributed by atoms with van der Waals surface area (Å²) in [4.78, 5) is 16.8. The summed E-state index contributed by atoms with van der Waals surface area (Å²) in [5.41, 5.74) is 18.7. The summed E-state index contributed by atoms with van der Waals surface area (Å²) in [6, 6.07) is 8.09. The maximum atomic E-state index is 12.0. The number of pyridine rings is 1. The van der Waals surface area contributed by atoms with Crippen molar-refractivity contribution in [3.05, 3.63) is 52.3 Å². The van der Waals surface area contributed by atoms with Crippen molar-refractivity contribution in [3.63, 3.8) is 0 Å². The molecule has 0 saturated carbocycles. The highest BCUT2D eigenvalue weighted by atomic mass is 16.5. The van der Waals surface area contributed by atoms with Crippen LogP contribution >= 0.6 is 0 Å². The molecule has 0 unspecified atom stereocenters. The van der Waals surface area contributed by atoms with Crippen molar-refractivity contribution >= 4 is 5.97 Å². The van der Waals surface area contributed by atoms with Crippen molar-refractivity contribution in [3.8, 4) is 11.1 Å². The third-order valence-electron chi connectivity index (χ3n) is 4.52. The van der Waals surface area contributed by atoms with Crippen LogP contribution in [0.2, 0.25) is 0 Å². The highest BCUT2D eigenvalue weighted by molar-refractivity contribution is 5.80. The lowest BCUT2D eigenvalue weighted by Gasteiger charge is -2.21. The average molecular weight is 355 g/mol. The van der Waals surface area contributed by atoms with Crippen molar-refractivity contribution in [2.45, 2.75) is 46.7 Å². The first-order chi connectivity index (χ1) is 12.4. The number of hydrogen-bond acceptors (Lipinski definition) is 5. The van der Waals surface area contributed by atoms with Crippen molar-refractivity contribution in [2.24, 2.45) is 17.4 Å².